The van der Waals surface area contributed by atoms with E-state index in [1.54, 1.807) is 13.1 Å². The van der Waals surface area contributed by atoms with E-state index < -0.39 is 0 Å². The Kier molecular flexibility index (Phi) is 2.29. The molecular weight excluding hydrogens is 240 g/mol. The highest BCUT2D eigenvalue weighted by Gasteiger charge is 2.23. The Hall–Kier alpha value is -1.62. The number of fused-ring (bicyclic) bond motifs is 1. The van der Waals surface area contributed by atoms with E-state index in [-0.39, 0.29) is 5.56 Å². The van der Waals surface area contributed by atoms with Gasteiger partial charge >= 0.3 is 0 Å². The van der Waals surface area contributed by atoms with Gasteiger partial charge in [0.15, 0.2) is 0 Å². The minimum Gasteiger partial charge on any atom is -0.367 e. The predicted molar refractivity (Wildman–Crippen MR) is 66.4 cm³/mol. The van der Waals surface area contributed by atoms with Crippen LogP contribution in [-0.2, 0) is 7.05 Å². The summed E-state index contributed by atoms with van der Waals surface area (Å²) < 4.78 is 1.44. The van der Waals surface area contributed by atoms with Gasteiger partial charge < -0.3 is 9.88 Å². The van der Waals surface area contributed by atoms with Crippen molar-refractivity contribution in [3.63, 3.8) is 0 Å². The molecule has 0 radical (unpaired) electrons. The van der Waals surface area contributed by atoms with Crippen molar-refractivity contribution >= 4 is 28.3 Å². The van der Waals surface area contributed by atoms with Crippen molar-refractivity contribution in [2.45, 2.75) is 18.9 Å². The number of hydrogen-bond acceptors (Lipinski definition) is 4. The average molecular weight is 251 g/mol. The molecule has 5 nitrogen and oxygen atoms in total. The molecule has 88 valence electrons. The van der Waals surface area contributed by atoms with Gasteiger partial charge in [0.1, 0.15) is 16.4 Å². The van der Waals surface area contributed by atoms with E-state index in [4.69, 9.17) is 11.6 Å². The Balaban J connectivity index is 2.29. The average Bonchev–Trinajstić information content (AvgIpc) is 3.07. The molecule has 0 atom stereocenters. The summed E-state index contributed by atoms with van der Waals surface area (Å²) in [6, 6.07) is 2.02. The van der Waals surface area contributed by atoms with Gasteiger partial charge in [0.05, 0.1) is 11.8 Å². The molecule has 2 aromatic rings. The zero-order valence-corrected chi connectivity index (χ0v) is 10.0. The number of anilines is 1. The van der Waals surface area contributed by atoms with Crippen molar-refractivity contribution in [2.75, 3.05) is 5.32 Å². The highest BCUT2D eigenvalue weighted by Crippen LogP contribution is 2.27. The molecule has 3 rings (SSSR count). The normalized spacial score (nSPS) is 15.2. The van der Waals surface area contributed by atoms with E-state index in [0.717, 1.165) is 12.8 Å². The SMILES string of the molecule is Cn1cnc2cc(Cl)nc(NC3CC3)c2c1=O. The van der Waals surface area contributed by atoms with E-state index in [1.165, 1.54) is 10.9 Å². The van der Waals surface area contributed by atoms with Gasteiger partial charge in [0, 0.05) is 19.2 Å². The lowest BCUT2D eigenvalue weighted by molar-refractivity contribution is 0.842. The highest BCUT2D eigenvalue weighted by molar-refractivity contribution is 6.30. The number of hydrogen-bond donors (Lipinski definition) is 1. The largest absolute Gasteiger partial charge is 0.367 e. The number of nitrogens with one attached hydrogen (secondary N) is 1. The quantitative estimate of drug-likeness (QED) is 0.822. The third-order valence-electron chi connectivity index (χ3n) is 2.79. The van der Waals surface area contributed by atoms with Crippen LogP contribution >= 0.6 is 11.6 Å². The molecule has 6 heteroatoms. The van der Waals surface area contributed by atoms with Crippen LogP contribution in [0.1, 0.15) is 12.8 Å². The Morgan fingerprint density at radius 1 is 1.53 bits per heavy atom. The molecule has 1 saturated carbocycles. The molecule has 0 unspecified atom stereocenters. The summed E-state index contributed by atoms with van der Waals surface area (Å²) in [4.78, 5) is 20.4. The van der Waals surface area contributed by atoms with E-state index in [2.05, 4.69) is 15.3 Å². The number of halogens is 1. The lowest BCUT2D eigenvalue weighted by atomic mass is 10.3. The number of aromatic nitrogens is 3. The first-order chi connectivity index (χ1) is 8.15. The van der Waals surface area contributed by atoms with Gasteiger partial charge in [-0.25, -0.2) is 9.97 Å². The van der Waals surface area contributed by atoms with Crippen LogP contribution in [-0.4, -0.2) is 20.6 Å². The Labute approximate surface area is 102 Å². The lowest BCUT2D eigenvalue weighted by Gasteiger charge is -2.08. The van der Waals surface area contributed by atoms with E-state index >= 15 is 0 Å². The van der Waals surface area contributed by atoms with E-state index in [0.29, 0.717) is 27.9 Å². The minimum atomic E-state index is -0.109. The predicted octanol–water partition coefficient (Wildman–Crippen LogP) is 1.56. The maximum Gasteiger partial charge on any atom is 0.264 e. The molecule has 17 heavy (non-hydrogen) atoms. The maximum atomic E-state index is 12.1. The second kappa shape index (κ2) is 3.70. The van der Waals surface area contributed by atoms with Crippen molar-refractivity contribution < 1.29 is 0 Å². The zero-order chi connectivity index (χ0) is 12.0. The third-order valence-corrected chi connectivity index (χ3v) is 2.98. The first-order valence-electron chi connectivity index (χ1n) is 5.43. The smallest absolute Gasteiger partial charge is 0.264 e. The molecule has 0 saturated heterocycles. The monoisotopic (exact) mass is 250 g/mol. The number of pyridine rings is 1. The van der Waals surface area contributed by atoms with Gasteiger partial charge in [-0.1, -0.05) is 11.6 Å². The summed E-state index contributed by atoms with van der Waals surface area (Å²) in [5.41, 5.74) is 0.471. The van der Waals surface area contributed by atoms with Crippen molar-refractivity contribution in [3.8, 4) is 0 Å². The van der Waals surface area contributed by atoms with Crippen LogP contribution in [0.2, 0.25) is 5.15 Å². The molecule has 1 fully saturated rings. The van der Waals surface area contributed by atoms with Crippen molar-refractivity contribution in [1.82, 2.24) is 14.5 Å². The van der Waals surface area contributed by atoms with Crippen molar-refractivity contribution in [2.24, 2.45) is 7.05 Å². The van der Waals surface area contributed by atoms with Crippen LogP contribution in [0.3, 0.4) is 0 Å². The second-order valence-corrected chi connectivity index (χ2v) is 4.65. The topological polar surface area (TPSA) is 59.8 Å². The van der Waals surface area contributed by atoms with Crippen molar-refractivity contribution in [3.05, 3.63) is 27.9 Å². The van der Waals surface area contributed by atoms with Gasteiger partial charge in [0.25, 0.3) is 5.56 Å². The minimum absolute atomic E-state index is 0.109. The van der Waals surface area contributed by atoms with Gasteiger partial charge in [0.2, 0.25) is 0 Å². The molecule has 2 aromatic heterocycles. The fourth-order valence-electron chi connectivity index (χ4n) is 1.72. The van der Waals surface area contributed by atoms with Crippen LogP contribution in [0.15, 0.2) is 17.2 Å². The molecule has 0 bridgehead atoms. The van der Waals surface area contributed by atoms with Gasteiger partial charge in [-0.2, -0.15) is 0 Å². The zero-order valence-electron chi connectivity index (χ0n) is 9.27. The van der Waals surface area contributed by atoms with E-state index in [1.807, 2.05) is 0 Å². The fourth-order valence-corrected chi connectivity index (χ4v) is 1.90. The molecule has 1 aliphatic carbocycles. The molecule has 1 aliphatic rings. The first kappa shape index (κ1) is 10.5. The van der Waals surface area contributed by atoms with Gasteiger partial charge in [-0.15, -0.1) is 0 Å². The summed E-state index contributed by atoms with van der Waals surface area (Å²) >= 11 is 5.92. The van der Waals surface area contributed by atoms with Gasteiger partial charge in [-0.05, 0) is 12.8 Å². The molecular formula is C11H11ClN4O. The number of aryl methyl sites for hydroxylation is 1. The molecule has 0 spiro atoms. The van der Waals surface area contributed by atoms with Gasteiger partial charge in [-0.3, -0.25) is 4.79 Å². The van der Waals surface area contributed by atoms with Crippen LogP contribution in [0.5, 0.6) is 0 Å². The van der Waals surface area contributed by atoms with Crippen LogP contribution < -0.4 is 10.9 Å². The second-order valence-electron chi connectivity index (χ2n) is 4.27. The number of rotatable bonds is 2. The standard InChI is InChI=1S/C11H11ClN4O/c1-16-5-13-7-4-8(12)15-10(9(7)11(16)17)14-6-2-3-6/h4-6H,2-3H2,1H3,(H,14,15). The summed E-state index contributed by atoms with van der Waals surface area (Å²) in [5.74, 6) is 0.545. The Morgan fingerprint density at radius 3 is 3.00 bits per heavy atom. The molecule has 0 aromatic carbocycles. The van der Waals surface area contributed by atoms with Crippen molar-refractivity contribution in [1.29, 1.82) is 0 Å². The summed E-state index contributed by atoms with van der Waals surface area (Å²) in [7, 11) is 1.67. The third kappa shape index (κ3) is 1.86. The summed E-state index contributed by atoms with van der Waals surface area (Å²) in [6.07, 6.45) is 3.70. The number of nitrogens with zero attached hydrogens (tertiary/aromatic N) is 3. The summed E-state index contributed by atoms with van der Waals surface area (Å²) in [6.45, 7) is 0. The maximum absolute atomic E-state index is 12.1. The van der Waals surface area contributed by atoms with Crippen LogP contribution in [0.4, 0.5) is 5.82 Å². The summed E-state index contributed by atoms with van der Waals surface area (Å²) in [5, 5.41) is 4.07. The molecule has 1 N–H and O–H groups in total. The first-order valence-corrected chi connectivity index (χ1v) is 5.81. The fraction of sp³-hybridized carbons (Fsp3) is 0.364. The molecule has 2 heterocycles. The lowest BCUT2D eigenvalue weighted by Crippen LogP contribution is -2.19. The van der Waals surface area contributed by atoms with E-state index in [9.17, 15) is 4.79 Å². The Bertz CT molecular complexity index is 648. The molecule has 0 amide bonds. The Morgan fingerprint density at radius 2 is 2.29 bits per heavy atom. The van der Waals surface area contributed by atoms with Crippen LogP contribution in [0.25, 0.3) is 10.9 Å². The molecule has 0 aliphatic heterocycles. The highest BCUT2D eigenvalue weighted by atomic mass is 35.5. The van der Waals surface area contributed by atoms with Crippen LogP contribution in [0, 0.1) is 0 Å².